The van der Waals surface area contributed by atoms with Gasteiger partial charge in [-0.3, -0.25) is 4.79 Å². The molecule has 5 heteroatoms. The Bertz CT molecular complexity index is 266. The van der Waals surface area contributed by atoms with Gasteiger partial charge in [0.2, 0.25) is 5.91 Å². The number of halogens is 3. The van der Waals surface area contributed by atoms with E-state index < -0.39 is 12.7 Å². The van der Waals surface area contributed by atoms with E-state index in [1.165, 1.54) is 13.5 Å². The molecule has 2 fully saturated rings. The zero-order valence-corrected chi connectivity index (χ0v) is 8.55. The predicted octanol–water partition coefficient (Wildman–Crippen LogP) is 2.05. The average molecular weight is 221 g/mol. The summed E-state index contributed by atoms with van der Waals surface area (Å²) in [5.74, 6) is 0.761. The maximum Gasteiger partial charge on any atom is 0.406 e. The van der Waals surface area contributed by atoms with Crippen molar-refractivity contribution in [3.63, 3.8) is 0 Å². The zero-order valence-electron chi connectivity index (χ0n) is 8.55. The molecule has 2 saturated carbocycles. The van der Waals surface area contributed by atoms with Crippen LogP contribution in [0.25, 0.3) is 0 Å². The molecule has 0 bridgehead atoms. The monoisotopic (exact) mass is 221 g/mol. The predicted molar refractivity (Wildman–Crippen MR) is 48.0 cm³/mol. The van der Waals surface area contributed by atoms with E-state index in [-0.39, 0.29) is 11.8 Å². The first-order valence-corrected chi connectivity index (χ1v) is 5.18. The van der Waals surface area contributed by atoms with Gasteiger partial charge in [-0.05, 0) is 31.1 Å². The van der Waals surface area contributed by atoms with Gasteiger partial charge in [-0.15, -0.1) is 0 Å². The van der Waals surface area contributed by atoms with Crippen LogP contribution in [0.2, 0.25) is 0 Å². The molecule has 2 unspecified atom stereocenters. The highest BCUT2D eigenvalue weighted by Crippen LogP contribution is 2.54. The molecule has 0 aliphatic heterocycles. The van der Waals surface area contributed by atoms with E-state index in [0.717, 1.165) is 17.7 Å². The van der Waals surface area contributed by atoms with Gasteiger partial charge in [0.25, 0.3) is 0 Å². The lowest BCUT2D eigenvalue weighted by Crippen LogP contribution is -2.39. The second-order valence-electron chi connectivity index (χ2n) is 4.73. The number of hydrogen-bond acceptors (Lipinski definition) is 1. The number of amides is 1. The van der Waals surface area contributed by atoms with Gasteiger partial charge in [0, 0.05) is 13.0 Å². The molecule has 2 aliphatic carbocycles. The topological polar surface area (TPSA) is 20.3 Å². The Hall–Kier alpha value is -0.740. The number of fused-ring (bicyclic) bond motifs is 1. The van der Waals surface area contributed by atoms with Crippen LogP contribution in [0.15, 0.2) is 0 Å². The normalized spacial score (nSPS) is 33.7. The number of nitrogens with zero attached hydrogens (tertiary/aromatic N) is 1. The van der Waals surface area contributed by atoms with Crippen molar-refractivity contribution in [2.24, 2.45) is 17.8 Å². The summed E-state index contributed by atoms with van der Waals surface area (Å²) in [6.45, 7) is -1.13. The van der Waals surface area contributed by atoms with Crippen molar-refractivity contribution in [1.82, 2.24) is 4.90 Å². The molecular formula is C10H14F3NO. The summed E-state index contributed by atoms with van der Waals surface area (Å²) in [6, 6.07) is 0. The summed E-state index contributed by atoms with van der Waals surface area (Å²) in [4.78, 5) is 12.4. The second kappa shape index (κ2) is 3.39. The number of alkyl halides is 3. The fraction of sp³-hybridized carbons (Fsp3) is 0.900. The number of carbonyl (C=O) groups is 1. The van der Waals surface area contributed by atoms with E-state index in [9.17, 15) is 18.0 Å². The van der Waals surface area contributed by atoms with Crippen LogP contribution < -0.4 is 0 Å². The highest BCUT2D eigenvalue weighted by atomic mass is 19.4. The molecule has 0 saturated heterocycles. The van der Waals surface area contributed by atoms with Gasteiger partial charge in [-0.1, -0.05) is 0 Å². The lowest BCUT2D eigenvalue weighted by molar-refractivity contribution is -0.161. The molecule has 0 radical (unpaired) electrons. The number of rotatable bonds is 2. The smallest absolute Gasteiger partial charge is 0.336 e. The van der Waals surface area contributed by atoms with Crippen LogP contribution in [-0.4, -0.2) is 30.6 Å². The Balaban J connectivity index is 1.85. The van der Waals surface area contributed by atoms with Gasteiger partial charge >= 0.3 is 6.18 Å². The third-order valence-corrected chi connectivity index (χ3v) is 3.39. The third kappa shape index (κ3) is 2.44. The van der Waals surface area contributed by atoms with Gasteiger partial charge in [0.05, 0.1) is 0 Å². The fourth-order valence-electron chi connectivity index (χ4n) is 2.57. The van der Waals surface area contributed by atoms with Gasteiger partial charge < -0.3 is 4.90 Å². The number of carbonyl (C=O) groups excluding carboxylic acids is 1. The van der Waals surface area contributed by atoms with Crippen LogP contribution in [0, 0.1) is 17.8 Å². The lowest BCUT2D eigenvalue weighted by atomic mass is 10.0. The molecule has 86 valence electrons. The zero-order chi connectivity index (χ0) is 11.2. The van der Waals surface area contributed by atoms with Crippen molar-refractivity contribution in [1.29, 1.82) is 0 Å². The van der Waals surface area contributed by atoms with E-state index in [1.54, 1.807) is 0 Å². The van der Waals surface area contributed by atoms with E-state index >= 15 is 0 Å². The SMILES string of the molecule is CN(CC(F)(F)F)C(=O)C1CC2CC2C1. The standard InChI is InChI=1S/C10H14F3NO/c1-14(5-10(11,12)13)9(15)8-3-6-2-7(6)4-8/h6-8H,2-5H2,1H3. The molecule has 2 aliphatic rings. The molecule has 0 aromatic carbocycles. The maximum atomic E-state index is 12.0. The molecule has 2 atom stereocenters. The maximum absolute atomic E-state index is 12.0. The van der Waals surface area contributed by atoms with Gasteiger partial charge in [-0.2, -0.15) is 13.2 Å². The highest BCUT2D eigenvalue weighted by molar-refractivity contribution is 5.79. The second-order valence-corrected chi connectivity index (χ2v) is 4.73. The van der Waals surface area contributed by atoms with Crippen molar-refractivity contribution in [2.45, 2.75) is 25.4 Å². The first kappa shape index (κ1) is 10.8. The van der Waals surface area contributed by atoms with Crippen LogP contribution in [-0.2, 0) is 4.79 Å². The molecule has 2 nitrogen and oxygen atoms in total. The lowest BCUT2D eigenvalue weighted by Gasteiger charge is -2.22. The average Bonchev–Trinajstić information content (AvgIpc) is 2.69. The van der Waals surface area contributed by atoms with Crippen molar-refractivity contribution in [3.8, 4) is 0 Å². The largest absolute Gasteiger partial charge is 0.406 e. The molecule has 0 spiro atoms. The minimum absolute atomic E-state index is 0.152. The van der Waals surface area contributed by atoms with Crippen molar-refractivity contribution < 1.29 is 18.0 Å². The van der Waals surface area contributed by atoms with Crippen LogP contribution >= 0.6 is 0 Å². The molecule has 0 aromatic rings. The summed E-state index contributed by atoms with van der Waals surface area (Å²) >= 11 is 0. The van der Waals surface area contributed by atoms with E-state index in [4.69, 9.17) is 0 Å². The van der Waals surface area contributed by atoms with Crippen molar-refractivity contribution in [3.05, 3.63) is 0 Å². The number of hydrogen-bond donors (Lipinski definition) is 0. The fourth-order valence-corrected chi connectivity index (χ4v) is 2.57. The van der Waals surface area contributed by atoms with Gasteiger partial charge in [0.15, 0.2) is 0 Å². The van der Waals surface area contributed by atoms with Crippen molar-refractivity contribution >= 4 is 5.91 Å². The molecule has 0 aromatic heterocycles. The van der Waals surface area contributed by atoms with Gasteiger partial charge in [-0.25, -0.2) is 0 Å². The highest BCUT2D eigenvalue weighted by Gasteiger charge is 2.49. The van der Waals surface area contributed by atoms with E-state index in [1.807, 2.05) is 0 Å². The summed E-state index contributed by atoms with van der Waals surface area (Å²) in [5.41, 5.74) is 0. The summed E-state index contributed by atoms with van der Waals surface area (Å²) in [5, 5.41) is 0. The van der Waals surface area contributed by atoms with Crippen LogP contribution in [0.5, 0.6) is 0 Å². The molecular weight excluding hydrogens is 207 g/mol. The molecule has 15 heavy (non-hydrogen) atoms. The minimum Gasteiger partial charge on any atom is -0.336 e. The quantitative estimate of drug-likeness (QED) is 0.698. The molecule has 0 heterocycles. The van der Waals surface area contributed by atoms with Crippen LogP contribution in [0.1, 0.15) is 19.3 Å². The molecule has 1 amide bonds. The van der Waals surface area contributed by atoms with Crippen molar-refractivity contribution in [2.75, 3.05) is 13.6 Å². The summed E-state index contributed by atoms with van der Waals surface area (Å²) in [7, 11) is 1.24. The minimum atomic E-state index is -4.29. The van der Waals surface area contributed by atoms with Crippen LogP contribution in [0.3, 0.4) is 0 Å². The Morgan fingerprint density at radius 2 is 1.80 bits per heavy atom. The first-order valence-electron chi connectivity index (χ1n) is 5.18. The Kier molecular flexibility index (Phi) is 2.43. The van der Waals surface area contributed by atoms with E-state index in [2.05, 4.69) is 0 Å². The first-order chi connectivity index (χ1) is 6.87. The van der Waals surface area contributed by atoms with E-state index in [0.29, 0.717) is 11.8 Å². The molecule has 0 N–H and O–H groups in total. The van der Waals surface area contributed by atoms with Gasteiger partial charge in [0.1, 0.15) is 6.54 Å². The van der Waals surface area contributed by atoms with Crippen LogP contribution in [0.4, 0.5) is 13.2 Å². The Labute approximate surface area is 86.4 Å². The molecule has 2 rings (SSSR count). The summed E-state index contributed by atoms with van der Waals surface area (Å²) < 4.78 is 36.1. The summed E-state index contributed by atoms with van der Waals surface area (Å²) in [6.07, 6.45) is -1.52. The third-order valence-electron chi connectivity index (χ3n) is 3.39. The Morgan fingerprint density at radius 3 is 2.27 bits per heavy atom. The Morgan fingerprint density at radius 1 is 1.27 bits per heavy atom.